The van der Waals surface area contributed by atoms with E-state index in [1.54, 1.807) is 31.2 Å². The number of aryl methyl sites for hydroxylation is 2. The van der Waals surface area contributed by atoms with E-state index >= 15 is 0 Å². The van der Waals surface area contributed by atoms with Gasteiger partial charge in [0.25, 0.3) is 0 Å². The van der Waals surface area contributed by atoms with Crippen molar-refractivity contribution in [1.82, 2.24) is 0 Å². The highest BCUT2D eigenvalue weighted by molar-refractivity contribution is 5.31. The summed E-state index contributed by atoms with van der Waals surface area (Å²) >= 11 is 0. The lowest BCUT2D eigenvalue weighted by atomic mass is 9.77. The van der Waals surface area contributed by atoms with E-state index < -0.39 is 11.6 Å². The lowest BCUT2D eigenvalue weighted by molar-refractivity contribution is 0.288. The summed E-state index contributed by atoms with van der Waals surface area (Å²) in [4.78, 5) is 0. The van der Waals surface area contributed by atoms with Gasteiger partial charge in [0.15, 0.2) is 23.2 Å². The number of rotatable bonds is 10. The summed E-state index contributed by atoms with van der Waals surface area (Å²) in [5.41, 5.74) is 1.86. The van der Waals surface area contributed by atoms with E-state index in [9.17, 15) is 13.2 Å². The zero-order chi connectivity index (χ0) is 22.2. The third kappa shape index (κ3) is 6.51. The molecule has 0 atom stereocenters. The molecule has 0 saturated heterocycles. The van der Waals surface area contributed by atoms with Gasteiger partial charge in [0.1, 0.15) is 0 Å². The summed E-state index contributed by atoms with van der Waals surface area (Å²) in [7, 11) is 0. The maximum Gasteiger partial charge on any atom is 0.165 e. The molecule has 1 aliphatic carbocycles. The molecule has 1 aliphatic rings. The summed E-state index contributed by atoms with van der Waals surface area (Å²) in [6, 6.07) is 8.76. The predicted octanol–water partition coefficient (Wildman–Crippen LogP) is 8.28. The fourth-order valence-corrected chi connectivity index (χ4v) is 4.62. The van der Waals surface area contributed by atoms with Gasteiger partial charge in [-0.05, 0) is 92.5 Å². The van der Waals surface area contributed by atoms with Crippen molar-refractivity contribution in [1.29, 1.82) is 0 Å². The predicted molar refractivity (Wildman–Crippen MR) is 120 cm³/mol. The maximum atomic E-state index is 14.5. The van der Waals surface area contributed by atoms with Crippen LogP contribution in [0.1, 0.15) is 87.3 Å². The van der Waals surface area contributed by atoms with Crippen LogP contribution in [0, 0.1) is 30.3 Å². The molecule has 1 nitrogen and oxygen atoms in total. The molecular weight excluding hydrogens is 397 g/mol. The van der Waals surface area contributed by atoms with Gasteiger partial charge in [-0.3, -0.25) is 0 Å². The molecule has 2 aromatic rings. The van der Waals surface area contributed by atoms with Crippen molar-refractivity contribution in [3.8, 4) is 5.75 Å². The molecular formula is C27H35F3O. The molecule has 0 aromatic heterocycles. The van der Waals surface area contributed by atoms with E-state index in [0.717, 1.165) is 50.5 Å². The molecule has 0 amide bonds. The minimum Gasteiger partial charge on any atom is -0.491 e. The van der Waals surface area contributed by atoms with Gasteiger partial charge in [0.05, 0.1) is 6.61 Å². The SMILES string of the molecule is CCCCCCOc1ccc(C2CCC(CCc3ccc(C)c(F)c3F)CC2)cc1F. The fourth-order valence-electron chi connectivity index (χ4n) is 4.62. The minimum absolute atomic E-state index is 0.271. The van der Waals surface area contributed by atoms with Crippen LogP contribution in [0.5, 0.6) is 5.75 Å². The third-order valence-electron chi connectivity index (χ3n) is 6.71. The van der Waals surface area contributed by atoms with E-state index in [4.69, 9.17) is 4.74 Å². The first kappa shape index (κ1) is 23.7. The van der Waals surface area contributed by atoms with Crippen LogP contribution in [0.3, 0.4) is 0 Å². The second-order valence-electron chi connectivity index (χ2n) is 9.02. The van der Waals surface area contributed by atoms with Crippen LogP contribution in [0.4, 0.5) is 13.2 Å². The van der Waals surface area contributed by atoms with E-state index in [1.807, 2.05) is 6.07 Å². The lowest BCUT2D eigenvalue weighted by Crippen LogP contribution is -2.14. The van der Waals surface area contributed by atoms with Crippen LogP contribution in [0.2, 0.25) is 0 Å². The molecule has 0 radical (unpaired) electrons. The Kier molecular flexibility index (Phi) is 8.86. The molecule has 2 aromatic carbocycles. The standard InChI is InChI=1S/C27H35F3O/c1-3-4-5-6-17-31-25-16-15-23(18-24(25)28)21-12-8-20(9-13-21)10-14-22-11-7-19(2)26(29)27(22)30/h7,11,15-16,18,20-21H,3-6,8-10,12-14,17H2,1-2H3. The molecule has 170 valence electrons. The van der Waals surface area contributed by atoms with E-state index in [-0.39, 0.29) is 5.82 Å². The van der Waals surface area contributed by atoms with Gasteiger partial charge in [-0.15, -0.1) is 0 Å². The number of unbranched alkanes of at least 4 members (excludes halogenated alkanes) is 3. The third-order valence-corrected chi connectivity index (χ3v) is 6.71. The quantitative estimate of drug-likeness (QED) is 0.343. The normalized spacial score (nSPS) is 18.9. The van der Waals surface area contributed by atoms with Crippen molar-refractivity contribution in [2.75, 3.05) is 6.61 Å². The van der Waals surface area contributed by atoms with Gasteiger partial charge >= 0.3 is 0 Å². The van der Waals surface area contributed by atoms with Gasteiger partial charge in [-0.25, -0.2) is 13.2 Å². The Bertz CT molecular complexity index is 841. The lowest BCUT2D eigenvalue weighted by Gasteiger charge is -2.29. The molecule has 0 heterocycles. The second-order valence-corrected chi connectivity index (χ2v) is 9.02. The molecule has 4 heteroatoms. The molecule has 3 rings (SSSR count). The molecule has 0 aliphatic heterocycles. The Morgan fingerprint density at radius 1 is 0.903 bits per heavy atom. The zero-order valence-electron chi connectivity index (χ0n) is 18.9. The first-order valence-corrected chi connectivity index (χ1v) is 11.8. The Balaban J connectivity index is 1.46. The van der Waals surface area contributed by atoms with Crippen molar-refractivity contribution >= 4 is 0 Å². The second kappa shape index (κ2) is 11.6. The Morgan fingerprint density at radius 2 is 1.68 bits per heavy atom. The molecule has 1 saturated carbocycles. The highest BCUT2D eigenvalue weighted by Crippen LogP contribution is 2.38. The average molecular weight is 433 g/mol. The monoisotopic (exact) mass is 432 g/mol. The average Bonchev–Trinajstić information content (AvgIpc) is 2.78. The molecule has 0 spiro atoms. The van der Waals surface area contributed by atoms with Crippen LogP contribution in [0.15, 0.2) is 30.3 Å². The molecule has 0 N–H and O–H groups in total. The van der Waals surface area contributed by atoms with Gasteiger partial charge in [0, 0.05) is 0 Å². The number of hydrogen-bond acceptors (Lipinski definition) is 1. The molecule has 0 bridgehead atoms. The number of halogens is 3. The van der Waals surface area contributed by atoms with Crippen molar-refractivity contribution in [2.24, 2.45) is 5.92 Å². The summed E-state index contributed by atoms with van der Waals surface area (Å²) in [6.07, 6.45) is 9.96. The largest absolute Gasteiger partial charge is 0.491 e. The highest BCUT2D eigenvalue weighted by Gasteiger charge is 2.23. The molecule has 0 unspecified atom stereocenters. The summed E-state index contributed by atoms with van der Waals surface area (Å²) in [5, 5.41) is 0. The van der Waals surface area contributed by atoms with Gasteiger partial charge < -0.3 is 4.74 Å². The Morgan fingerprint density at radius 3 is 2.39 bits per heavy atom. The molecule has 1 fully saturated rings. The Hall–Kier alpha value is -1.97. The van der Waals surface area contributed by atoms with Gasteiger partial charge in [-0.2, -0.15) is 0 Å². The van der Waals surface area contributed by atoms with Crippen molar-refractivity contribution in [2.45, 2.75) is 84.0 Å². The number of benzene rings is 2. The first-order chi connectivity index (χ1) is 15.0. The van der Waals surface area contributed by atoms with Crippen LogP contribution in [-0.2, 0) is 6.42 Å². The van der Waals surface area contributed by atoms with Crippen LogP contribution < -0.4 is 4.74 Å². The topological polar surface area (TPSA) is 9.23 Å². The zero-order valence-corrected chi connectivity index (χ0v) is 18.9. The smallest absolute Gasteiger partial charge is 0.165 e. The van der Waals surface area contributed by atoms with Crippen molar-refractivity contribution < 1.29 is 17.9 Å². The number of hydrogen-bond donors (Lipinski definition) is 0. The van der Waals surface area contributed by atoms with E-state index in [1.165, 1.54) is 12.8 Å². The fraction of sp³-hybridized carbons (Fsp3) is 0.556. The summed E-state index contributed by atoms with van der Waals surface area (Å²) in [6.45, 7) is 4.31. The summed E-state index contributed by atoms with van der Waals surface area (Å²) < 4.78 is 47.9. The van der Waals surface area contributed by atoms with E-state index in [0.29, 0.717) is 41.7 Å². The maximum absolute atomic E-state index is 14.5. The van der Waals surface area contributed by atoms with Crippen LogP contribution in [0.25, 0.3) is 0 Å². The summed E-state index contributed by atoms with van der Waals surface area (Å²) in [5.74, 6) is -0.477. The van der Waals surface area contributed by atoms with Crippen molar-refractivity contribution in [3.05, 3.63) is 64.5 Å². The Labute approximate surface area is 185 Å². The van der Waals surface area contributed by atoms with Crippen molar-refractivity contribution in [3.63, 3.8) is 0 Å². The number of ether oxygens (including phenoxy) is 1. The highest BCUT2D eigenvalue weighted by atomic mass is 19.2. The van der Waals surface area contributed by atoms with Crippen LogP contribution >= 0.6 is 0 Å². The first-order valence-electron chi connectivity index (χ1n) is 11.8. The minimum atomic E-state index is -0.725. The molecule has 31 heavy (non-hydrogen) atoms. The van der Waals surface area contributed by atoms with E-state index in [2.05, 4.69) is 6.92 Å². The van der Waals surface area contributed by atoms with Gasteiger partial charge in [0.2, 0.25) is 0 Å². The van der Waals surface area contributed by atoms with Gasteiger partial charge in [-0.1, -0.05) is 44.4 Å². The van der Waals surface area contributed by atoms with Crippen LogP contribution in [-0.4, -0.2) is 6.61 Å².